The molecule has 1 unspecified atom stereocenters. The van der Waals surface area contributed by atoms with Crippen LogP contribution in [-0.2, 0) is 4.79 Å². The standard InChI is InChI=1S/C12H12N2O5/c15-11(16)4-8-5-13-12(17)14(8)7-1-2-9-10(3-7)19-6-18-9/h1-3,8H,4-6H2,(H,13,17)(H,15,16). The van der Waals surface area contributed by atoms with E-state index in [1.807, 2.05) is 0 Å². The number of carboxylic acid groups (broad SMARTS) is 1. The maximum atomic E-state index is 11.8. The van der Waals surface area contributed by atoms with Crippen molar-refractivity contribution < 1.29 is 24.2 Å². The lowest BCUT2D eigenvalue weighted by Gasteiger charge is -2.22. The number of fused-ring (bicyclic) bond motifs is 1. The van der Waals surface area contributed by atoms with Crippen LogP contribution >= 0.6 is 0 Å². The SMILES string of the molecule is O=C(O)CC1CNC(=O)N1c1ccc2c(c1)OCO2. The van der Waals surface area contributed by atoms with Crippen molar-refractivity contribution >= 4 is 17.7 Å². The molecule has 1 fully saturated rings. The summed E-state index contributed by atoms with van der Waals surface area (Å²) in [6.07, 6.45) is -0.104. The van der Waals surface area contributed by atoms with Gasteiger partial charge in [0.05, 0.1) is 12.5 Å². The first-order valence-corrected chi connectivity index (χ1v) is 5.83. The van der Waals surface area contributed by atoms with E-state index in [0.717, 1.165) is 0 Å². The van der Waals surface area contributed by atoms with Crippen LogP contribution in [0.15, 0.2) is 18.2 Å². The molecule has 1 saturated heterocycles. The summed E-state index contributed by atoms with van der Waals surface area (Å²) in [5.74, 6) is 0.247. The molecule has 0 aliphatic carbocycles. The highest BCUT2D eigenvalue weighted by Crippen LogP contribution is 2.36. The van der Waals surface area contributed by atoms with Crippen LogP contribution < -0.4 is 19.7 Å². The number of hydrogen-bond acceptors (Lipinski definition) is 4. The fourth-order valence-corrected chi connectivity index (χ4v) is 2.28. The second-order valence-corrected chi connectivity index (χ2v) is 4.35. The van der Waals surface area contributed by atoms with Crippen LogP contribution in [0.2, 0.25) is 0 Å². The van der Waals surface area contributed by atoms with Crippen molar-refractivity contribution in [2.24, 2.45) is 0 Å². The Kier molecular flexibility index (Phi) is 2.66. The summed E-state index contributed by atoms with van der Waals surface area (Å²) in [7, 11) is 0. The predicted molar refractivity (Wildman–Crippen MR) is 64.5 cm³/mol. The number of nitrogens with one attached hydrogen (secondary N) is 1. The molecule has 1 atom stereocenters. The molecule has 2 amide bonds. The van der Waals surface area contributed by atoms with E-state index in [1.54, 1.807) is 18.2 Å². The second kappa shape index (κ2) is 4.34. The zero-order chi connectivity index (χ0) is 13.4. The quantitative estimate of drug-likeness (QED) is 0.842. The van der Waals surface area contributed by atoms with Crippen molar-refractivity contribution in [3.05, 3.63) is 18.2 Å². The average Bonchev–Trinajstić information content (AvgIpc) is 2.94. The number of carbonyl (C=O) groups excluding carboxylic acids is 1. The van der Waals surface area contributed by atoms with Gasteiger partial charge < -0.3 is 19.9 Å². The van der Waals surface area contributed by atoms with Gasteiger partial charge in [0.1, 0.15) is 0 Å². The van der Waals surface area contributed by atoms with E-state index in [9.17, 15) is 9.59 Å². The molecule has 0 bridgehead atoms. The van der Waals surface area contributed by atoms with Gasteiger partial charge in [-0.05, 0) is 12.1 Å². The van der Waals surface area contributed by atoms with Gasteiger partial charge in [0.15, 0.2) is 11.5 Å². The predicted octanol–water partition coefficient (Wildman–Crippen LogP) is 0.788. The molecule has 0 spiro atoms. The number of aliphatic carboxylic acids is 1. The molecule has 3 rings (SSSR count). The first-order valence-electron chi connectivity index (χ1n) is 5.83. The Morgan fingerprint density at radius 3 is 3.00 bits per heavy atom. The van der Waals surface area contributed by atoms with Crippen LogP contribution in [0.4, 0.5) is 10.5 Å². The number of hydrogen-bond donors (Lipinski definition) is 2. The van der Waals surface area contributed by atoms with Crippen molar-refractivity contribution in [3.63, 3.8) is 0 Å². The summed E-state index contributed by atoms with van der Waals surface area (Å²) in [5, 5.41) is 11.5. The molecule has 19 heavy (non-hydrogen) atoms. The summed E-state index contributed by atoms with van der Waals surface area (Å²) in [6, 6.07) is 4.41. The summed E-state index contributed by atoms with van der Waals surface area (Å²) < 4.78 is 10.5. The van der Waals surface area contributed by atoms with E-state index < -0.39 is 12.0 Å². The summed E-state index contributed by atoms with van der Waals surface area (Å²) in [4.78, 5) is 24.1. The monoisotopic (exact) mass is 264 g/mol. The third-order valence-corrected chi connectivity index (χ3v) is 3.12. The number of carboxylic acids is 1. The van der Waals surface area contributed by atoms with Gasteiger partial charge in [0.25, 0.3) is 0 Å². The maximum absolute atomic E-state index is 11.8. The smallest absolute Gasteiger partial charge is 0.322 e. The minimum atomic E-state index is -0.938. The molecular weight excluding hydrogens is 252 g/mol. The number of benzene rings is 1. The third kappa shape index (κ3) is 2.03. The zero-order valence-corrected chi connectivity index (χ0v) is 9.96. The first-order chi connectivity index (χ1) is 9.15. The first kappa shape index (κ1) is 11.6. The molecule has 7 nitrogen and oxygen atoms in total. The molecule has 1 aromatic carbocycles. The molecular formula is C12H12N2O5. The highest BCUT2D eigenvalue weighted by Gasteiger charge is 2.34. The normalized spacial score (nSPS) is 20.5. The Balaban J connectivity index is 1.90. The minimum absolute atomic E-state index is 0.104. The summed E-state index contributed by atoms with van der Waals surface area (Å²) >= 11 is 0. The fraction of sp³-hybridized carbons (Fsp3) is 0.333. The van der Waals surface area contributed by atoms with Crippen molar-refractivity contribution in [1.29, 1.82) is 0 Å². The van der Waals surface area contributed by atoms with E-state index >= 15 is 0 Å². The molecule has 0 saturated carbocycles. The molecule has 0 radical (unpaired) electrons. The van der Waals surface area contributed by atoms with Crippen LogP contribution in [0.3, 0.4) is 0 Å². The molecule has 2 N–H and O–H groups in total. The van der Waals surface area contributed by atoms with Crippen LogP contribution in [0.25, 0.3) is 0 Å². The van der Waals surface area contributed by atoms with Crippen molar-refractivity contribution in [2.45, 2.75) is 12.5 Å². The third-order valence-electron chi connectivity index (χ3n) is 3.12. The summed E-state index contributed by atoms with van der Waals surface area (Å²) in [6.45, 7) is 0.475. The van der Waals surface area contributed by atoms with Gasteiger partial charge in [0, 0.05) is 18.3 Å². The Morgan fingerprint density at radius 1 is 1.42 bits per heavy atom. The van der Waals surface area contributed by atoms with E-state index in [0.29, 0.717) is 23.7 Å². The van der Waals surface area contributed by atoms with Gasteiger partial charge >= 0.3 is 12.0 Å². The van der Waals surface area contributed by atoms with Gasteiger partial charge in [-0.2, -0.15) is 0 Å². The van der Waals surface area contributed by atoms with Crippen molar-refractivity contribution in [2.75, 3.05) is 18.2 Å². The Labute approximate surface area is 108 Å². The highest BCUT2D eigenvalue weighted by molar-refractivity contribution is 5.96. The van der Waals surface area contributed by atoms with Gasteiger partial charge in [0.2, 0.25) is 6.79 Å². The Morgan fingerprint density at radius 2 is 2.21 bits per heavy atom. The van der Waals surface area contributed by atoms with Crippen LogP contribution in [0, 0.1) is 0 Å². The van der Waals surface area contributed by atoms with E-state index in [-0.39, 0.29) is 19.2 Å². The van der Waals surface area contributed by atoms with Gasteiger partial charge in [-0.15, -0.1) is 0 Å². The number of anilines is 1. The summed E-state index contributed by atoms with van der Waals surface area (Å²) in [5.41, 5.74) is 0.602. The topological polar surface area (TPSA) is 88.1 Å². The molecule has 2 heterocycles. The van der Waals surface area contributed by atoms with Crippen LogP contribution in [0.1, 0.15) is 6.42 Å². The second-order valence-electron chi connectivity index (χ2n) is 4.35. The molecule has 100 valence electrons. The average molecular weight is 264 g/mol. The van der Waals surface area contributed by atoms with Crippen molar-refractivity contribution in [1.82, 2.24) is 5.32 Å². The van der Waals surface area contributed by atoms with E-state index in [4.69, 9.17) is 14.6 Å². The lowest BCUT2D eigenvalue weighted by molar-refractivity contribution is -0.137. The molecule has 0 aromatic heterocycles. The molecule has 7 heteroatoms. The molecule has 2 aliphatic heterocycles. The number of ether oxygens (including phenoxy) is 2. The molecule has 1 aromatic rings. The number of amides is 2. The largest absolute Gasteiger partial charge is 0.481 e. The zero-order valence-electron chi connectivity index (χ0n) is 9.96. The number of nitrogens with zero attached hydrogens (tertiary/aromatic N) is 1. The molecule has 2 aliphatic rings. The number of rotatable bonds is 3. The van der Waals surface area contributed by atoms with Crippen LogP contribution in [0.5, 0.6) is 11.5 Å². The Hall–Kier alpha value is -2.44. The van der Waals surface area contributed by atoms with Gasteiger partial charge in [-0.25, -0.2) is 4.79 Å². The minimum Gasteiger partial charge on any atom is -0.481 e. The number of carbonyl (C=O) groups is 2. The van der Waals surface area contributed by atoms with E-state index in [1.165, 1.54) is 4.90 Å². The lowest BCUT2D eigenvalue weighted by atomic mass is 10.1. The van der Waals surface area contributed by atoms with Gasteiger partial charge in [-0.3, -0.25) is 9.69 Å². The van der Waals surface area contributed by atoms with Gasteiger partial charge in [-0.1, -0.05) is 0 Å². The van der Waals surface area contributed by atoms with E-state index in [2.05, 4.69) is 5.32 Å². The maximum Gasteiger partial charge on any atom is 0.322 e. The number of urea groups is 1. The Bertz CT molecular complexity index is 545. The van der Waals surface area contributed by atoms with Crippen LogP contribution in [-0.4, -0.2) is 36.5 Å². The highest BCUT2D eigenvalue weighted by atomic mass is 16.7. The lowest BCUT2D eigenvalue weighted by Crippen LogP contribution is -2.35. The fourth-order valence-electron chi connectivity index (χ4n) is 2.28. The van der Waals surface area contributed by atoms with Crippen molar-refractivity contribution in [3.8, 4) is 11.5 Å².